The normalized spacial score (nSPS) is 14.7. The van der Waals surface area contributed by atoms with Crippen LogP contribution in [0.25, 0.3) is 0 Å². The van der Waals surface area contributed by atoms with Gasteiger partial charge in [-0.25, -0.2) is 9.48 Å². The Bertz CT molecular complexity index is 1290. The number of thioether (sulfide) groups is 1. The van der Waals surface area contributed by atoms with Crippen LogP contribution in [0.5, 0.6) is 11.5 Å². The lowest BCUT2D eigenvalue weighted by atomic mass is 9.95. The Labute approximate surface area is 212 Å². The summed E-state index contributed by atoms with van der Waals surface area (Å²) in [7, 11) is 3.14. The highest BCUT2D eigenvalue weighted by atomic mass is 35.5. The highest BCUT2D eigenvalue weighted by Crippen LogP contribution is 2.40. The van der Waals surface area contributed by atoms with Crippen molar-refractivity contribution < 1.29 is 19.0 Å². The van der Waals surface area contributed by atoms with E-state index < -0.39 is 12.0 Å². The first-order valence-corrected chi connectivity index (χ1v) is 12.1. The molecule has 1 aliphatic heterocycles. The summed E-state index contributed by atoms with van der Waals surface area (Å²) in [5.74, 6) is 1.77. The average molecular weight is 513 g/mol. The number of hydrogen-bond donors (Lipinski definition) is 1. The van der Waals surface area contributed by atoms with Gasteiger partial charge in [0.1, 0.15) is 12.6 Å². The second-order valence-electron chi connectivity index (χ2n) is 7.61. The van der Waals surface area contributed by atoms with Gasteiger partial charge in [-0.05, 0) is 36.2 Å². The van der Waals surface area contributed by atoms with Gasteiger partial charge in [0.15, 0.2) is 11.5 Å². The Morgan fingerprint density at radius 3 is 2.71 bits per heavy atom. The van der Waals surface area contributed by atoms with Crippen molar-refractivity contribution in [1.29, 1.82) is 0 Å². The molecule has 8 nitrogen and oxygen atoms in total. The fourth-order valence-electron chi connectivity index (χ4n) is 3.76. The first-order valence-electron chi connectivity index (χ1n) is 10.8. The summed E-state index contributed by atoms with van der Waals surface area (Å²) >= 11 is 7.76. The number of esters is 1. The number of benzene rings is 2. The number of halogens is 1. The monoisotopic (exact) mass is 512 g/mol. The Morgan fingerprint density at radius 1 is 1.23 bits per heavy atom. The molecular weight excluding hydrogens is 488 g/mol. The average Bonchev–Trinajstić information content (AvgIpc) is 3.27. The van der Waals surface area contributed by atoms with Gasteiger partial charge < -0.3 is 19.5 Å². The molecule has 2 heterocycles. The molecule has 0 radical (unpaired) electrons. The van der Waals surface area contributed by atoms with E-state index in [0.717, 1.165) is 11.1 Å². The highest BCUT2D eigenvalue weighted by Gasteiger charge is 2.35. The summed E-state index contributed by atoms with van der Waals surface area (Å²) in [6, 6.07) is 12.5. The summed E-state index contributed by atoms with van der Waals surface area (Å²) < 4.78 is 18.0. The minimum absolute atomic E-state index is 0.0947. The third-order valence-corrected chi connectivity index (χ3v) is 6.68. The molecule has 182 valence electrons. The van der Waals surface area contributed by atoms with E-state index >= 15 is 0 Å². The molecule has 4 rings (SSSR count). The number of nitrogens with zero attached hydrogens (tertiary/aromatic N) is 3. The van der Waals surface area contributed by atoms with Crippen molar-refractivity contribution in [3.05, 3.63) is 82.5 Å². The number of carbonyl (C=O) groups excluding carboxylic acids is 1. The number of anilines is 1. The highest BCUT2D eigenvalue weighted by molar-refractivity contribution is 7.98. The topological polar surface area (TPSA) is 87.5 Å². The molecule has 10 heteroatoms. The smallest absolute Gasteiger partial charge is 0.338 e. The van der Waals surface area contributed by atoms with Crippen LogP contribution in [0.2, 0.25) is 5.02 Å². The number of fused-ring (bicyclic) bond motifs is 1. The number of ether oxygens (including phenoxy) is 3. The van der Waals surface area contributed by atoms with E-state index in [1.54, 1.807) is 25.0 Å². The van der Waals surface area contributed by atoms with Gasteiger partial charge in [0.25, 0.3) is 0 Å². The van der Waals surface area contributed by atoms with Crippen molar-refractivity contribution in [1.82, 2.24) is 14.8 Å². The molecule has 0 saturated heterocycles. The van der Waals surface area contributed by atoms with Gasteiger partial charge in [-0.3, -0.25) is 0 Å². The SMILES string of the molecule is C=CCOC(=O)C1=C(C)Nc2nc(SCc3ccccc3Cl)nn2C1c1ccc(OC)c(OC)c1. The minimum Gasteiger partial charge on any atom is -0.493 e. The van der Waals surface area contributed by atoms with Gasteiger partial charge in [-0.2, -0.15) is 4.98 Å². The van der Waals surface area contributed by atoms with Crippen molar-refractivity contribution in [2.24, 2.45) is 0 Å². The quantitative estimate of drug-likeness (QED) is 0.236. The van der Waals surface area contributed by atoms with Crippen molar-refractivity contribution in [2.45, 2.75) is 23.9 Å². The zero-order valence-electron chi connectivity index (χ0n) is 19.6. The van der Waals surface area contributed by atoms with E-state index in [1.165, 1.54) is 17.8 Å². The molecule has 1 aromatic heterocycles. The van der Waals surface area contributed by atoms with Crippen molar-refractivity contribution in [2.75, 3.05) is 26.1 Å². The molecule has 1 aliphatic rings. The zero-order valence-corrected chi connectivity index (χ0v) is 21.2. The number of hydrogen-bond acceptors (Lipinski definition) is 8. The Balaban J connectivity index is 1.74. The fraction of sp³-hybridized carbons (Fsp3) is 0.240. The van der Waals surface area contributed by atoms with Crippen LogP contribution in [0.4, 0.5) is 5.95 Å². The lowest BCUT2D eigenvalue weighted by Gasteiger charge is -2.28. The molecule has 35 heavy (non-hydrogen) atoms. The molecular formula is C25H25ClN4O4S. The third-order valence-electron chi connectivity index (χ3n) is 5.42. The van der Waals surface area contributed by atoms with Crippen LogP contribution in [-0.2, 0) is 15.3 Å². The van der Waals surface area contributed by atoms with Crippen LogP contribution < -0.4 is 14.8 Å². The first kappa shape index (κ1) is 24.7. The first-order chi connectivity index (χ1) is 17.0. The third kappa shape index (κ3) is 5.16. The van der Waals surface area contributed by atoms with E-state index in [-0.39, 0.29) is 6.61 Å². The van der Waals surface area contributed by atoms with Gasteiger partial charge in [-0.15, -0.1) is 5.10 Å². The van der Waals surface area contributed by atoms with Crippen molar-refractivity contribution in [3.63, 3.8) is 0 Å². The Morgan fingerprint density at radius 2 is 2.00 bits per heavy atom. The van der Waals surface area contributed by atoms with Crippen LogP contribution in [-0.4, -0.2) is 41.6 Å². The molecule has 0 bridgehead atoms. The molecule has 0 saturated carbocycles. The number of allylic oxidation sites excluding steroid dienone is 1. The van der Waals surface area contributed by atoms with E-state index in [9.17, 15) is 4.79 Å². The van der Waals surface area contributed by atoms with Crippen LogP contribution in [0.3, 0.4) is 0 Å². The standard InChI is InChI=1S/C25H25ClN4O4S/c1-5-12-34-23(31)21-15(2)27-24-28-25(35-14-17-8-6-7-9-18(17)26)29-30(24)22(21)16-10-11-19(32-3)20(13-16)33-4/h5-11,13,22H,1,12,14H2,2-4H3,(H,27,28,29). The van der Waals surface area contributed by atoms with Gasteiger partial charge in [0, 0.05) is 16.5 Å². The molecule has 3 aromatic rings. The predicted octanol–water partition coefficient (Wildman–Crippen LogP) is 5.26. The number of nitrogens with one attached hydrogen (secondary N) is 1. The molecule has 0 aliphatic carbocycles. The number of rotatable bonds is 9. The fourth-order valence-corrected chi connectivity index (χ4v) is 4.87. The second kappa shape index (κ2) is 10.9. The Kier molecular flexibility index (Phi) is 7.67. The lowest BCUT2D eigenvalue weighted by molar-refractivity contribution is -0.138. The molecule has 1 unspecified atom stereocenters. The van der Waals surface area contributed by atoms with Crippen LogP contribution >= 0.6 is 23.4 Å². The van der Waals surface area contributed by atoms with Gasteiger partial charge in [-0.1, -0.05) is 60.3 Å². The minimum atomic E-state index is -0.592. The van der Waals surface area contributed by atoms with Crippen molar-refractivity contribution >= 4 is 35.3 Å². The molecule has 1 N–H and O–H groups in total. The Hall–Kier alpha value is -3.43. The number of methoxy groups -OCH3 is 2. The largest absolute Gasteiger partial charge is 0.493 e. The number of aromatic nitrogens is 3. The second-order valence-corrected chi connectivity index (χ2v) is 8.96. The summed E-state index contributed by atoms with van der Waals surface area (Å²) in [6.45, 7) is 5.53. The molecule has 2 aromatic carbocycles. The zero-order chi connectivity index (χ0) is 24.9. The maximum absolute atomic E-state index is 13.1. The van der Waals surface area contributed by atoms with E-state index in [1.807, 2.05) is 43.3 Å². The van der Waals surface area contributed by atoms with Crippen LogP contribution in [0, 0.1) is 0 Å². The van der Waals surface area contributed by atoms with E-state index in [2.05, 4.69) is 16.9 Å². The number of carbonyl (C=O) groups is 1. The van der Waals surface area contributed by atoms with Gasteiger partial charge >= 0.3 is 5.97 Å². The molecule has 1 atom stereocenters. The maximum Gasteiger partial charge on any atom is 0.338 e. The van der Waals surface area contributed by atoms with Crippen LogP contribution in [0.15, 0.2) is 71.5 Å². The lowest BCUT2D eigenvalue weighted by Crippen LogP contribution is -2.29. The van der Waals surface area contributed by atoms with E-state index in [4.69, 9.17) is 30.9 Å². The van der Waals surface area contributed by atoms with Gasteiger partial charge in [0.05, 0.1) is 19.8 Å². The van der Waals surface area contributed by atoms with Crippen LogP contribution in [0.1, 0.15) is 24.1 Å². The molecule has 0 spiro atoms. The summed E-state index contributed by atoms with van der Waals surface area (Å²) in [4.78, 5) is 17.7. The summed E-state index contributed by atoms with van der Waals surface area (Å²) in [5.41, 5.74) is 2.79. The predicted molar refractivity (Wildman–Crippen MR) is 136 cm³/mol. The van der Waals surface area contributed by atoms with Crippen molar-refractivity contribution in [3.8, 4) is 11.5 Å². The summed E-state index contributed by atoms with van der Waals surface area (Å²) in [5, 5.41) is 9.16. The summed E-state index contributed by atoms with van der Waals surface area (Å²) in [6.07, 6.45) is 1.53. The van der Waals surface area contributed by atoms with Gasteiger partial charge in [0.2, 0.25) is 11.1 Å². The molecule has 0 fully saturated rings. The van der Waals surface area contributed by atoms with E-state index in [0.29, 0.717) is 44.6 Å². The molecule has 0 amide bonds. The maximum atomic E-state index is 13.1.